The van der Waals surface area contributed by atoms with E-state index in [9.17, 15) is 8.42 Å². The molecule has 0 radical (unpaired) electrons. The Morgan fingerprint density at radius 3 is 2.62 bits per heavy atom. The highest BCUT2D eigenvalue weighted by Gasteiger charge is 2.35. The third kappa shape index (κ3) is 3.87. The van der Waals surface area contributed by atoms with Crippen LogP contribution in [0.15, 0.2) is 40.9 Å². The van der Waals surface area contributed by atoms with Crippen molar-refractivity contribution in [2.24, 2.45) is 0 Å². The van der Waals surface area contributed by atoms with Gasteiger partial charge in [-0.3, -0.25) is 4.90 Å². The molecule has 0 bridgehead atoms. The molecule has 1 aromatic carbocycles. The van der Waals surface area contributed by atoms with E-state index >= 15 is 0 Å². The summed E-state index contributed by atoms with van der Waals surface area (Å²) in [6.07, 6.45) is 6.78. The summed E-state index contributed by atoms with van der Waals surface area (Å²) in [7, 11) is -1.08. The van der Waals surface area contributed by atoms with Crippen molar-refractivity contribution in [3.8, 4) is 11.3 Å². The van der Waals surface area contributed by atoms with Crippen LogP contribution in [0.25, 0.3) is 11.3 Å². The Bertz CT molecular complexity index is 771. The van der Waals surface area contributed by atoms with Gasteiger partial charge in [-0.1, -0.05) is 43.2 Å². The molecule has 5 nitrogen and oxygen atoms in total. The minimum absolute atomic E-state index is 0.0285. The molecule has 2 aromatic rings. The summed E-state index contributed by atoms with van der Waals surface area (Å²) < 4.78 is 30.0. The maximum Gasteiger partial charge on any atom is 0.209 e. The van der Waals surface area contributed by atoms with E-state index in [0.717, 1.165) is 37.0 Å². The van der Waals surface area contributed by atoms with Crippen LogP contribution >= 0.6 is 0 Å². The van der Waals surface area contributed by atoms with Gasteiger partial charge >= 0.3 is 0 Å². The summed E-state index contributed by atoms with van der Waals surface area (Å²) >= 11 is 0. The van der Waals surface area contributed by atoms with Crippen molar-refractivity contribution in [3.05, 3.63) is 42.4 Å². The number of nitrogens with zero attached hydrogens (tertiary/aromatic N) is 2. The van der Waals surface area contributed by atoms with Crippen LogP contribution in [0.5, 0.6) is 0 Å². The van der Waals surface area contributed by atoms with E-state index in [4.69, 9.17) is 4.42 Å². The Morgan fingerprint density at radius 2 is 1.92 bits per heavy atom. The molecule has 3 rings (SSSR count). The van der Waals surface area contributed by atoms with Crippen LogP contribution in [-0.4, -0.2) is 42.9 Å². The summed E-state index contributed by atoms with van der Waals surface area (Å²) in [5.74, 6) is 1.36. The number of oxazole rings is 1. The summed E-state index contributed by atoms with van der Waals surface area (Å²) in [6, 6.07) is 9.87. The Morgan fingerprint density at radius 1 is 1.21 bits per heavy atom. The van der Waals surface area contributed by atoms with E-state index in [0.29, 0.717) is 12.4 Å². The van der Waals surface area contributed by atoms with Gasteiger partial charge in [0.1, 0.15) is 0 Å². The molecule has 2 atom stereocenters. The molecule has 0 spiro atoms. The molecule has 1 aliphatic carbocycles. The van der Waals surface area contributed by atoms with Crippen LogP contribution in [0.3, 0.4) is 0 Å². The molecule has 1 saturated carbocycles. The minimum atomic E-state index is -3.04. The van der Waals surface area contributed by atoms with E-state index in [-0.39, 0.29) is 11.3 Å². The standard InChI is InChI=1S/C18H24N2O3S/c1-20(15-10-6-7-11-17(15)24(2,21)22)13-18-19-12-16(23-18)14-8-4-3-5-9-14/h3-5,8-9,12,15,17H,6-7,10-11,13H2,1-2H3. The Balaban J connectivity index is 1.72. The smallest absolute Gasteiger partial charge is 0.209 e. The van der Waals surface area contributed by atoms with Gasteiger partial charge in [-0.15, -0.1) is 0 Å². The van der Waals surface area contributed by atoms with Crippen LogP contribution in [0.1, 0.15) is 31.6 Å². The Labute approximate surface area is 143 Å². The van der Waals surface area contributed by atoms with Crippen molar-refractivity contribution < 1.29 is 12.8 Å². The van der Waals surface area contributed by atoms with Crippen molar-refractivity contribution in [1.29, 1.82) is 0 Å². The first-order valence-electron chi connectivity index (χ1n) is 8.34. The lowest BCUT2D eigenvalue weighted by Crippen LogP contribution is -2.46. The highest BCUT2D eigenvalue weighted by atomic mass is 32.2. The summed E-state index contributed by atoms with van der Waals surface area (Å²) in [4.78, 5) is 6.43. The Kier molecular flexibility index (Phi) is 5.06. The number of hydrogen-bond acceptors (Lipinski definition) is 5. The van der Waals surface area contributed by atoms with Crippen molar-refractivity contribution in [2.75, 3.05) is 13.3 Å². The van der Waals surface area contributed by atoms with Gasteiger partial charge in [0.05, 0.1) is 18.0 Å². The highest BCUT2D eigenvalue weighted by Crippen LogP contribution is 2.28. The van der Waals surface area contributed by atoms with Crippen molar-refractivity contribution >= 4 is 9.84 Å². The molecule has 130 valence electrons. The lowest BCUT2D eigenvalue weighted by molar-refractivity contribution is 0.173. The number of aromatic nitrogens is 1. The second kappa shape index (κ2) is 7.07. The fourth-order valence-electron chi connectivity index (χ4n) is 3.53. The molecule has 24 heavy (non-hydrogen) atoms. The maximum atomic E-state index is 12.1. The first kappa shape index (κ1) is 17.2. The number of hydrogen-bond donors (Lipinski definition) is 0. The average Bonchev–Trinajstić information content (AvgIpc) is 3.03. The molecule has 1 heterocycles. The lowest BCUT2D eigenvalue weighted by Gasteiger charge is -2.36. The van der Waals surface area contributed by atoms with E-state index < -0.39 is 9.84 Å². The van der Waals surface area contributed by atoms with Crippen molar-refractivity contribution in [3.63, 3.8) is 0 Å². The summed E-state index contributed by atoms with van der Waals surface area (Å²) in [5.41, 5.74) is 0.991. The fraction of sp³-hybridized carbons (Fsp3) is 0.500. The number of benzene rings is 1. The third-order valence-electron chi connectivity index (χ3n) is 4.78. The predicted octanol–water partition coefficient (Wildman–Crippen LogP) is 3.13. The van der Waals surface area contributed by atoms with Gasteiger partial charge < -0.3 is 4.42 Å². The predicted molar refractivity (Wildman–Crippen MR) is 94.3 cm³/mol. The lowest BCUT2D eigenvalue weighted by atomic mass is 9.94. The van der Waals surface area contributed by atoms with Gasteiger partial charge in [-0.25, -0.2) is 13.4 Å². The summed E-state index contributed by atoms with van der Waals surface area (Å²) in [5, 5.41) is -0.292. The molecule has 0 N–H and O–H groups in total. The zero-order chi connectivity index (χ0) is 17.2. The molecule has 0 amide bonds. The van der Waals surface area contributed by atoms with Crippen LogP contribution < -0.4 is 0 Å². The molecule has 0 saturated heterocycles. The van der Waals surface area contributed by atoms with Gasteiger partial charge in [0.15, 0.2) is 15.6 Å². The molecule has 0 aliphatic heterocycles. The average molecular weight is 348 g/mol. The summed E-state index contributed by atoms with van der Waals surface area (Å²) in [6.45, 7) is 0.517. The van der Waals surface area contributed by atoms with Crippen LogP contribution in [0.4, 0.5) is 0 Å². The normalized spacial score (nSPS) is 22.0. The van der Waals surface area contributed by atoms with E-state index in [1.165, 1.54) is 6.26 Å². The van der Waals surface area contributed by atoms with E-state index in [1.54, 1.807) is 6.20 Å². The van der Waals surface area contributed by atoms with Crippen molar-refractivity contribution in [1.82, 2.24) is 9.88 Å². The van der Waals surface area contributed by atoms with Crippen LogP contribution in [0.2, 0.25) is 0 Å². The second-order valence-electron chi connectivity index (χ2n) is 6.62. The zero-order valence-electron chi connectivity index (χ0n) is 14.2. The quantitative estimate of drug-likeness (QED) is 0.831. The third-order valence-corrected chi connectivity index (χ3v) is 6.43. The van der Waals surface area contributed by atoms with Gasteiger partial charge in [0.25, 0.3) is 0 Å². The van der Waals surface area contributed by atoms with Gasteiger partial charge in [0, 0.05) is 17.9 Å². The first-order valence-corrected chi connectivity index (χ1v) is 10.3. The molecule has 1 aliphatic rings. The molecule has 1 aromatic heterocycles. The van der Waals surface area contributed by atoms with E-state index in [1.807, 2.05) is 37.4 Å². The van der Waals surface area contributed by atoms with Gasteiger partial charge in [-0.05, 0) is 19.9 Å². The minimum Gasteiger partial charge on any atom is -0.439 e. The SMILES string of the molecule is CN(Cc1ncc(-c2ccccc2)o1)C1CCCCC1S(C)(=O)=O. The number of rotatable bonds is 5. The monoisotopic (exact) mass is 348 g/mol. The van der Waals surface area contributed by atoms with Gasteiger partial charge in [0.2, 0.25) is 5.89 Å². The van der Waals surface area contributed by atoms with Crippen LogP contribution in [-0.2, 0) is 16.4 Å². The Hall–Kier alpha value is -1.66. The maximum absolute atomic E-state index is 12.1. The largest absolute Gasteiger partial charge is 0.439 e. The molecular weight excluding hydrogens is 324 g/mol. The van der Waals surface area contributed by atoms with Crippen LogP contribution in [0, 0.1) is 0 Å². The molecule has 6 heteroatoms. The van der Waals surface area contributed by atoms with E-state index in [2.05, 4.69) is 9.88 Å². The topological polar surface area (TPSA) is 63.4 Å². The zero-order valence-corrected chi connectivity index (χ0v) is 15.0. The first-order chi connectivity index (χ1) is 11.4. The second-order valence-corrected chi connectivity index (χ2v) is 8.88. The highest BCUT2D eigenvalue weighted by molar-refractivity contribution is 7.91. The van der Waals surface area contributed by atoms with Crippen molar-refractivity contribution in [2.45, 2.75) is 43.5 Å². The van der Waals surface area contributed by atoms with Gasteiger partial charge in [-0.2, -0.15) is 0 Å². The fourth-order valence-corrected chi connectivity index (χ4v) is 5.04. The number of sulfone groups is 1. The molecule has 2 unspecified atom stereocenters. The molecule has 1 fully saturated rings. The molecular formula is C18H24N2O3S.